The average Bonchev–Trinajstić information content (AvgIpc) is 2.59. The van der Waals surface area contributed by atoms with Crippen molar-refractivity contribution in [2.24, 2.45) is 5.73 Å². The van der Waals surface area contributed by atoms with Crippen LogP contribution in [0, 0.1) is 0 Å². The highest BCUT2D eigenvalue weighted by Gasteiger charge is 2.18. The molecule has 0 aromatic heterocycles. The summed E-state index contributed by atoms with van der Waals surface area (Å²) < 4.78 is 16.1. The Kier molecular flexibility index (Phi) is 6.13. The first-order valence-corrected chi connectivity index (χ1v) is 7.75. The smallest absolute Gasteiger partial charge is 0.179 e. The van der Waals surface area contributed by atoms with Crippen LogP contribution >= 0.6 is 11.6 Å². The van der Waals surface area contributed by atoms with Crippen LogP contribution in [0.25, 0.3) is 0 Å². The molecule has 0 spiro atoms. The van der Waals surface area contributed by atoms with Gasteiger partial charge in [-0.2, -0.15) is 0 Å². The van der Waals surface area contributed by atoms with Crippen LogP contribution in [0.4, 0.5) is 0 Å². The van der Waals surface area contributed by atoms with Crippen LogP contribution in [0.1, 0.15) is 17.0 Å². The molecule has 5 heteroatoms. The molecule has 2 aromatic carbocycles. The van der Waals surface area contributed by atoms with Crippen molar-refractivity contribution in [1.82, 2.24) is 0 Å². The van der Waals surface area contributed by atoms with Gasteiger partial charge in [-0.05, 0) is 42.3 Å². The highest BCUT2D eigenvalue weighted by Crippen LogP contribution is 2.38. The lowest BCUT2D eigenvalue weighted by Crippen LogP contribution is -2.16. The molecule has 1 atom stereocenters. The van der Waals surface area contributed by atoms with Crippen molar-refractivity contribution >= 4 is 11.6 Å². The Balaban J connectivity index is 2.34. The third-order valence-corrected chi connectivity index (χ3v) is 4.12. The van der Waals surface area contributed by atoms with Gasteiger partial charge in [0.2, 0.25) is 0 Å². The van der Waals surface area contributed by atoms with Gasteiger partial charge < -0.3 is 19.9 Å². The molecule has 0 radical (unpaired) electrons. The van der Waals surface area contributed by atoms with E-state index in [2.05, 4.69) is 0 Å². The molecule has 23 heavy (non-hydrogen) atoms. The summed E-state index contributed by atoms with van der Waals surface area (Å²) in [6.45, 7) is 0.506. The summed E-state index contributed by atoms with van der Waals surface area (Å²) in [6.07, 6.45) is 0.733. The number of ether oxygens (including phenoxy) is 3. The molecule has 0 saturated heterocycles. The molecule has 0 heterocycles. The van der Waals surface area contributed by atoms with Crippen molar-refractivity contribution in [2.45, 2.75) is 12.3 Å². The zero-order valence-electron chi connectivity index (χ0n) is 13.6. The van der Waals surface area contributed by atoms with Gasteiger partial charge in [0, 0.05) is 5.92 Å². The summed E-state index contributed by atoms with van der Waals surface area (Å²) in [4.78, 5) is 0. The van der Waals surface area contributed by atoms with E-state index in [0.717, 1.165) is 23.3 Å². The average molecular weight is 336 g/mol. The molecule has 0 saturated carbocycles. The number of rotatable bonds is 7. The zero-order valence-corrected chi connectivity index (χ0v) is 14.4. The van der Waals surface area contributed by atoms with E-state index in [1.807, 2.05) is 36.4 Å². The fourth-order valence-electron chi connectivity index (χ4n) is 2.70. The number of halogens is 1. The SMILES string of the molecule is COc1ccccc1C(CN)Cc1cc(Cl)c(OC)c(OC)c1. The van der Waals surface area contributed by atoms with Crippen molar-refractivity contribution < 1.29 is 14.2 Å². The first kappa shape index (κ1) is 17.4. The lowest BCUT2D eigenvalue weighted by atomic mass is 9.91. The molecular weight excluding hydrogens is 314 g/mol. The van der Waals surface area contributed by atoms with Crippen molar-refractivity contribution in [3.63, 3.8) is 0 Å². The fourth-order valence-corrected chi connectivity index (χ4v) is 3.01. The molecular formula is C18H22ClNO3. The van der Waals surface area contributed by atoms with E-state index >= 15 is 0 Å². The molecule has 4 nitrogen and oxygen atoms in total. The standard InChI is InChI=1S/C18H22ClNO3/c1-21-16-7-5-4-6-14(16)13(11-20)8-12-9-15(19)18(23-3)17(10-12)22-2/h4-7,9-10,13H,8,11,20H2,1-3H3. The maximum Gasteiger partial charge on any atom is 0.179 e. The summed E-state index contributed by atoms with van der Waals surface area (Å²) in [6, 6.07) is 11.7. The topological polar surface area (TPSA) is 53.7 Å². The van der Waals surface area contributed by atoms with Gasteiger partial charge >= 0.3 is 0 Å². The largest absolute Gasteiger partial charge is 0.496 e. The Morgan fingerprint density at radius 1 is 1.00 bits per heavy atom. The summed E-state index contributed by atoms with van der Waals surface area (Å²) >= 11 is 6.28. The van der Waals surface area contributed by atoms with E-state index in [0.29, 0.717) is 23.1 Å². The highest BCUT2D eigenvalue weighted by molar-refractivity contribution is 6.32. The Morgan fingerprint density at radius 2 is 1.70 bits per heavy atom. The van der Waals surface area contributed by atoms with Gasteiger partial charge in [-0.15, -0.1) is 0 Å². The van der Waals surface area contributed by atoms with E-state index in [-0.39, 0.29) is 5.92 Å². The third kappa shape index (κ3) is 3.89. The second kappa shape index (κ2) is 8.09. The lowest BCUT2D eigenvalue weighted by molar-refractivity contribution is 0.354. The monoisotopic (exact) mass is 335 g/mol. The van der Waals surface area contributed by atoms with E-state index in [9.17, 15) is 0 Å². The quantitative estimate of drug-likeness (QED) is 0.839. The van der Waals surface area contributed by atoms with Gasteiger partial charge in [0.05, 0.1) is 26.4 Å². The predicted molar refractivity (Wildman–Crippen MR) is 93.0 cm³/mol. The van der Waals surface area contributed by atoms with Crippen molar-refractivity contribution in [3.05, 3.63) is 52.5 Å². The molecule has 124 valence electrons. The van der Waals surface area contributed by atoms with Gasteiger partial charge in [0.25, 0.3) is 0 Å². The van der Waals surface area contributed by atoms with Crippen LogP contribution in [0.5, 0.6) is 17.2 Å². The van der Waals surface area contributed by atoms with Gasteiger partial charge in [-0.1, -0.05) is 29.8 Å². The number of benzene rings is 2. The summed E-state index contributed by atoms with van der Waals surface area (Å²) in [5.41, 5.74) is 8.12. The van der Waals surface area contributed by atoms with Crippen LogP contribution in [0.3, 0.4) is 0 Å². The molecule has 0 amide bonds. The molecule has 2 rings (SSSR count). The normalized spacial score (nSPS) is 11.9. The molecule has 0 aliphatic rings. The number of hydrogen-bond acceptors (Lipinski definition) is 4. The number of methoxy groups -OCH3 is 3. The van der Waals surface area contributed by atoms with Gasteiger partial charge in [-0.3, -0.25) is 0 Å². The molecule has 0 fully saturated rings. The molecule has 2 N–H and O–H groups in total. The Morgan fingerprint density at radius 3 is 2.30 bits per heavy atom. The van der Waals surface area contributed by atoms with Gasteiger partial charge in [-0.25, -0.2) is 0 Å². The number of hydrogen-bond donors (Lipinski definition) is 1. The second-order valence-corrected chi connectivity index (χ2v) is 5.60. The minimum Gasteiger partial charge on any atom is -0.496 e. The van der Waals surface area contributed by atoms with Crippen LogP contribution in [0.2, 0.25) is 5.02 Å². The molecule has 0 bridgehead atoms. The van der Waals surface area contributed by atoms with Crippen molar-refractivity contribution in [1.29, 1.82) is 0 Å². The summed E-state index contributed by atoms with van der Waals surface area (Å²) in [5.74, 6) is 2.13. The Bertz CT molecular complexity index is 661. The number of nitrogens with two attached hydrogens (primary N) is 1. The van der Waals surface area contributed by atoms with Crippen LogP contribution < -0.4 is 19.9 Å². The van der Waals surface area contributed by atoms with E-state index in [1.54, 1.807) is 21.3 Å². The van der Waals surface area contributed by atoms with E-state index in [1.165, 1.54) is 0 Å². The predicted octanol–water partition coefficient (Wildman–Crippen LogP) is 3.65. The third-order valence-electron chi connectivity index (χ3n) is 3.84. The van der Waals surface area contributed by atoms with E-state index in [4.69, 9.17) is 31.5 Å². The second-order valence-electron chi connectivity index (χ2n) is 5.19. The Labute approximate surface area is 142 Å². The zero-order chi connectivity index (χ0) is 16.8. The van der Waals surface area contributed by atoms with Crippen molar-refractivity contribution in [2.75, 3.05) is 27.9 Å². The van der Waals surface area contributed by atoms with Crippen LogP contribution in [0.15, 0.2) is 36.4 Å². The maximum atomic E-state index is 6.28. The fraction of sp³-hybridized carbons (Fsp3) is 0.333. The molecule has 2 aromatic rings. The highest BCUT2D eigenvalue weighted by atomic mass is 35.5. The first-order chi connectivity index (χ1) is 11.1. The van der Waals surface area contributed by atoms with Crippen LogP contribution in [-0.2, 0) is 6.42 Å². The van der Waals surface area contributed by atoms with Gasteiger partial charge in [0.15, 0.2) is 11.5 Å². The maximum absolute atomic E-state index is 6.28. The molecule has 0 aliphatic carbocycles. The van der Waals surface area contributed by atoms with Crippen LogP contribution in [-0.4, -0.2) is 27.9 Å². The minimum atomic E-state index is 0.125. The lowest BCUT2D eigenvalue weighted by Gasteiger charge is -2.19. The molecule has 0 aliphatic heterocycles. The van der Waals surface area contributed by atoms with Gasteiger partial charge in [0.1, 0.15) is 5.75 Å². The summed E-state index contributed by atoms with van der Waals surface area (Å²) in [5, 5.41) is 0.526. The molecule has 1 unspecified atom stereocenters. The number of para-hydroxylation sites is 1. The first-order valence-electron chi connectivity index (χ1n) is 7.38. The van der Waals surface area contributed by atoms with E-state index < -0.39 is 0 Å². The minimum absolute atomic E-state index is 0.125. The summed E-state index contributed by atoms with van der Waals surface area (Å²) in [7, 11) is 4.83. The van der Waals surface area contributed by atoms with Crippen molar-refractivity contribution in [3.8, 4) is 17.2 Å². The Hall–Kier alpha value is -1.91.